The Kier molecular flexibility index (Phi) is 6.65. The van der Waals surface area contributed by atoms with Crippen LogP contribution in [0.3, 0.4) is 0 Å². The molecular weight excluding hydrogens is 476 g/mol. The lowest BCUT2D eigenvalue weighted by Gasteiger charge is -2.26. The first kappa shape index (κ1) is 24.4. The highest BCUT2D eigenvalue weighted by Crippen LogP contribution is 2.36. The van der Waals surface area contributed by atoms with Crippen LogP contribution in [0.2, 0.25) is 0 Å². The zero-order valence-corrected chi connectivity index (χ0v) is 19.8. The van der Waals surface area contributed by atoms with Crippen LogP contribution in [0.5, 0.6) is 0 Å². The molecule has 1 unspecified atom stereocenters. The molecule has 0 spiro atoms. The van der Waals surface area contributed by atoms with Crippen LogP contribution in [0.15, 0.2) is 46.3 Å². The number of aromatic nitrogens is 4. The summed E-state index contributed by atoms with van der Waals surface area (Å²) in [7, 11) is -3.69. The minimum Gasteiger partial charge on any atom is -0.395 e. The zero-order valence-electron chi connectivity index (χ0n) is 19.0. The summed E-state index contributed by atoms with van der Waals surface area (Å²) in [6.07, 6.45) is 3.02. The van der Waals surface area contributed by atoms with Crippen molar-refractivity contribution in [2.45, 2.75) is 23.8 Å². The molecule has 0 saturated carbocycles. The lowest BCUT2D eigenvalue weighted by atomic mass is 9.81. The number of carbonyl (C=O) groups is 1. The third kappa shape index (κ3) is 5.37. The van der Waals surface area contributed by atoms with E-state index in [1.54, 1.807) is 12.1 Å². The van der Waals surface area contributed by atoms with Gasteiger partial charge in [0.25, 0.3) is 5.56 Å². The molecule has 1 amide bonds. The van der Waals surface area contributed by atoms with Crippen molar-refractivity contribution in [1.82, 2.24) is 20.2 Å². The number of sulfone groups is 1. The topological polar surface area (TPSA) is 176 Å². The first-order chi connectivity index (χ1) is 16.6. The molecule has 4 heterocycles. The number of nitrogens with one attached hydrogen (secondary N) is 3. The van der Waals surface area contributed by atoms with E-state index in [1.165, 1.54) is 31.3 Å². The Hall–Kier alpha value is -3.68. The van der Waals surface area contributed by atoms with Crippen LogP contribution >= 0.6 is 0 Å². The Morgan fingerprint density at radius 2 is 2.06 bits per heavy atom. The second-order valence-corrected chi connectivity index (χ2v) is 10.3. The minimum atomic E-state index is -3.69. The fraction of sp³-hybridized carbons (Fsp3) is 0.318. The van der Waals surface area contributed by atoms with Gasteiger partial charge in [0.2, 0.25) is 5.91 Å². The van der Waals surface area contributed by atoms with E-state index in [0.717, 1.165) is 6.26 Å². The highest BCUT2D eigenvalue weighted by Gasteiger charge is 2.37. The van der Waals surface area contributed by atoms with Gasteiger partial charge >= 0.3 is 0 Å². The molecule has 4 rings (SSSR count). The molecule has 4 N–H and O–H groups in total. The van der Waals surface area contributed by atoms with Crippen LogP contribution in [0.4, 0.5) is 17.3 Å². The maximum absolute atomic E-state index is 12.4. The third-order valence-electron chi connectivity index (χ3n) is 5.63. The number of aromatic amines is 1. The summed E-state index contributed by atoms with van der Waals surface area (Å²) in [6.45, 7) is 1.79. The van der Waals surface area contributed by atoms with Gasteiger partial charge in [0.1, 0.15) is 11.6 Å². The fourth-order valence-corrected chi connectivity index (χ4v) is 4.37. The van der Waals surface area contributed by atoms with Gasteiger partial charge in [-0.1, -0.05) is 0 Å². The van der Waals surface area contributed by atoms with Crippen molar-refractivity contribution in [2.24, 2.45) is 0 Å². The van der Waals surface area contributed by atoms with E-state index in [2.05, 4.69) is 30.8 Å². The molecule has 35 heavy (non-hydrogen) atoms. The number of nitrogens with zero attached hydrogens (tertiary/aromatic N) is 3. The number of pyridine rings is 2. The summed E-state index contributed by atoms with van der Waals surface area (Å²) >= 11 is 0. The first-order valence-corrected chi connectivity index (χ1v) is 12.5. The highest BCUT2D eigenvalue weighted by atomic mass is 32.2. The van der Waals surface area contributed by atoms with Crippen LogP contribution in [-0.4, -0.2) is 65.7 Å². The number of amides is 1. The Bertz CT molecular complexity index is 1410. The Morgan fingerprint density at radius 3 is 2.66 bits per heavy atom. The zero-order chi connectivity index (χ0) is 25.2. The number of H-pyrrole nitrogens is 1. The minimum absolute atomic E-state index is 0.169. The quantitative estimate of drug-likeness (QED) is 0.366. The van der Waals surface area contributed by atoms with Crippen LogP contribution in [0, 0.1) is 0 Å². The summed E-state index contributed by atoms with van der Waals surface area (Å²) in [5.74, 6) is 0.0981. The van der Waals surface area contributed by atoms with Crippen molar-refractivity contribution in [1.29, 1.82) is 0 Å². The van der Waals surface area contributed by atoms with Crippen LogP contribution in [0.25, 0.3) is 11.3 Å². The van der Waals surface area contributed by atoms with E-state index in [0.29, 0.717) is 35.5 Å². The van der Waals surface area contributed by atoms with E-state index in [-0.39, 0.29) is 41.3 Å². The van der Waals surface area contributed by atoms with Crippen molar-refractivity contribution >= 4 is 33.1 Å². The molecule has 13 heteroatoms. The fourth-order valence-electron chi connectivity index (χ4n) is 3.76. The lowest BCUT2D eigenvalue weighted by molar-refractivity contribution is -0.114. The molecule has 0 aromatic carbocycles. The first-order valence-electron chi connectivity index (χ1n) is 10.6. The van der Waals surface area contributed by atoms with E-state index in [1.807, 2.05) is 0 Å². The molecule has 1 aliphatic heterocycles. The third-order valence-corrected chi connectivity index (χ3v) is 6.59. The Balaban J connectivity index is 1.85. The number of hydrogen-bond donors (Lipinski definition) is 4. The SMILES string of the molecule is CC(=O)Nc1cc(Nc2cc(C3(CO)CCOC3)cc(S(C)(=O)=O)n2)c(-c2ccc(=O)[nH]n2)cn1. The summed E-state index contributed by atoms with van der Waals surface area (Å²) in [5.41, 5.74) is 0.658. The molecule has 1 saturated heterocycles. The Labute approximate surface area is 200 Å². The maximum atomic E-state index is 12.4. The summed E-state index contributed by atoms with van der Waals surface area (Å²) in [4.78, 5) is 31.5. The molecular formula is C22H24N6O6S. The summed E-state index contributed by atoms with van der Waals surface area (Å²) < 4.78 is 30.3. The number of ether oxygens (including phenoxy) is 1. The van der Waals surface area contributed by atoms with E-state index < -0.39 is 15.3 Å². The predicted octanol–water partition coefficient (Wildman–Crippen LogP) is 0.983. The van der Waals surface area contributed by atoms with Gasteiger partial charge in [0, 0.05) is 49.1 Å². The number of aliphatic hydroxyl groups is 1. The standard InChI is InChI=1S/C22H24N6O6S/c1-13(30)24-18-9-17(15(10-23-18)16-3-4-20(31)28-27-16)25-19-7-14(8-21(26-19)35(2,32)33)22(11-29)5-6-34-12-22/h3-4,7-10,29H,5-6,11-12H2,1-2H3,(H,28,31)(H2,23,24,25,26,30). The normalized spacial score (nSPS) is 17.8. The van der Waals surface area contributed by atoms with Gasteiger partial charge in [0.05, 0.1) is 24.6 Å². The average Bonchev–Trinajstić information content (AvgIpc) is 3.29. The van der Waals surface area contributed by atoms with Gasteiger partial charge in [0.15, 0.2) is 14.9 Å². The number of rotatable bonds is 7. The molecule has 0 radical (unpaired) electrons. The smallest absolute Gasteiger partial charge is 0.264 e. The number of aliphatic hydroxyl groups excluding tert-OH is 1. The molecule has 0 aliphatic carbocycles. The average molecular weight is 501 g/mol. The van der Waals surface area contributed by atoms with Crippen molar-refractivity contribution in [3.63, 3.8) is 0 Å². The van der Waals surface area contributed by atoms with Crippen molar-refractivity contribution in [3.8, 4) is 11.3 Å². The van der Waals surface area contributed by atoms with Crippen molar-refractivity contribution < 1.29 is 23.1 Å². The van der Waals surface area contributed by atoms with Crippen molar-refractivity contribution in [2.75, 3.05) is 36.7 Å². The van der Waals surface area contributed by atoms with Gasteiger partial charge in [-0.25, -0.2) is 23.5 Å². The number of hydrogen-bond acceptors (Lipinski definition) is 10. The van der Waals surface area contributed by atoms with E-state index >= 15 is 0 Å². The summed E-state index contributed by atoms with van der Waals surface area (Å²) in [5, 5.41) is 22.0. The van der Waals surface area contributed by atoms with Crippen LogP contribution in [0.1, 0.15) is 18.9 Å². The maximum Gasteiger partial charge on any atom is 0.264 e. The Morgan fingerprint density at radius 1 is 1.26 bits per heavy atom. The second-order valence-electron chi connectivity index (χ2n) is 8.32. The van der Waals surface area contributed by atoms with E-state index in [4.69, 9.17) is 4.74 Å². The van der Waals surface area contributed by atoms with Gasteiger partial charge in [-0.15, -0.1) is 0 Å². The van der Waals surface area contributed by atoms with Gasteiger partial charge in [-0.3, -0.25) is 9.59 Å². The van der Waals surface area contributed by atoms with Gasteiger partial charge in [-0.05, 0) is 30.2 Å². The molecule has 1 fully saturated rings. The lowest BCUT2D eigenvalue weighted by Crippen LogP contribution is -2.31. The second kappa shape index (κ2) is 9.52. The monoisotopic (exact) mass is 500 g/mol. The van der Waals surface area contributed by atoms with Crippen LogP contribution in [-0.2, 0) is 24.8 Å². The predicted molar refractivity (Wildman–Crippen MR) is 127 cm³/mol. The molecule has 12 nitrogen and oxygen atoms in total. The highest BCUT2D eigenvalue weighted by molar-refractivity contribution is 7.90. The largest absolute Gasteiger partial charge is 0.395 e. The van der Waals surface area contributed by atoms with E-state index in [9.17, 15) is 23.1 Å². The molecule has 1 aliphatic rings. The number of carbonyl (C=O) groups excluding carboxylic acids is 1. The van der Waals surface area contributed by atoms with Gasteiger partial charge < -0.3 is 20.5 Å². The molecule has 184 valence electrons. The molecule has 3 aromatic heterocycles. The molecule has 0 bridgehead atoms. The molecule has 1 atom stereocenters. The number of anilines is 3. The van der Waals surface area contributed by atoms with Crippen molar-refractivity contribution in [3.05, 3.63) is 52.4 Å². The molecule has 3 aromatic rings. The summed E-state index contributed by atoms with van der Waals surface area (Å²) in [6, 6.07) is 7.45. The van der Waals surface area contributed by atoms with Gasteiger partial charge in [-0.2, -0.15) is 5.10 Å². The van der Waals surface area contributed by atoms with Crippen LogP contribution < -0.4 is 16.2 Å².